The molecule has 1 rings (SSSR count). The number of methoxy groups -OCH3 is 1. The summed E-state index contributed by atoms with van der Waals surface area (Å²) in [6.45, 7) is 1.69. The summed E-state index contributed by atoms with van der Waals surface area (Å²) in [5.41, 5.74) is 0. The predicted octanol–water partition coefficient (Wildman–Crippen LogP) is 1.74. The first-order valence-electron chi connectivity index (χ1n) is 5.47. The zero-order chi connectivity index (χ0) is 14.3. The van der Waals surface area contributed by atoms with Crippen molar-refractivity contribution in [2.75, 3.05) is 32.7 Å². The summed E-state index contributed by atoms with van der Waals surface area (Å²) in [7, 11) is -2.09. The summed E-state index contributed by atoms with van der Waals surface area (Å²) in [4.78, 5) is 0.808. The van der Waals surface area contributed by atoms with E-state index in [-0.39, 0.29) is 4.90 Å². The van der Waals surface area contributed by atoms with Crippen LogP contribution in [0, 0.1) is 0 Å². The molecule has 0 radical (unpaired) electrons. The van der Waals surface area contributed by atoms with E-state index in [1.807, 2.05) is 0 Å². The second kappa shape index (κ2) is 8.08. The largest absolute Gasteiger partial charge is 0.382 e. The normalized spacial score (nSPS) is 11.7. The monoisotopic (exact) mass is 325 g/mol. The average Bonchev–Trinajstić information content (AvgIpc) is 2.34. The molecule has 2 N–H and O–H groups in total. The highest BCUT2D eigenvalue weighted by molar-refractivity contribution is 7.99. The maximum absolute atomic E-state index is 11.1. The predicted molar refractivity (Wildman–Crippen MR) is 76.2 cm³/mol. The van der Waals surface area contributed by atoms with E-state index < -0.39 is 10.0 Å². The Labute approximate surface area is 122 Å². The van der Waals surface area contributed by atoms with Crippen LogP contribution >= 0.6 is 23.4 Å². The molecule has 19 heavy (non-hydrogen) atoms. The molecule has 0 aliphatic heterocycles. The van der Waals surface area contributed by atoms with E-state index in [1.165, 1.54) is 23.9 Å². The molecule has 0 aliphatic carbocycles. The first-order valence-corrected chi connectivity index (χ1v) is 8.38. The molecule has 0 bridgehead atoms. The van der Waals surface area contributed by atoms with Crippen molar-refractivity contribution < 1.29 is 17.9 Å². The van der Waals surface area contributed by atoms with E-state index >= 15 is 0 Å². The molecular weight excluding hydrogens is 310 g/mol. The van der Waals surface area contributed by atoms with Crippen LogP contribution in [0.15, 0.2) is 28.0 Å². The van der Waals surface area contributed by atoms with Gasteiger partial charge in [0.05, 0.1) is 29.7 Å². The summed E-state index contributed by atoms with van der Waals surface area (Å²) >= 11 is 7.49. The third-order valence-electron chi connectivity index (χ3n) is 2.15. The molecule has 5 nitrogen and oxygen atoms in total. The van der Waals surface area contributed by atoms with Crippen molar-refractivity contribution in [2.45, 2.75) is 9.79 Å². The number of thioether (sulfide) groups is 1. The molecule has 0 amide bonds. The molecule has 0 saturated carbocycles. The highest BCUT2D eigenvalue weighted by Crippen LogP contribution is 2.28. The first-order chi connectivity index (χ1) is 8.95. The van der Waals surface area contributed by atoms with Crippen molar-refractivity contribution in [3.8, 4) is 0 Å². The van der Waals surface area contributed by atoms with Crippen LogP contribution in [-0.2, 0) is 19.5 Å². The lowest BCUT2D eigenvalue weighted by molar-refractivity contribution is 0.0790. The minimum Gasteiger partial charge on any atom is -0.382 e. The van der Waals surface area contributed by atoms with E-state index in [1.54, 1.807) is 13.2 Å². The number of nitrogens with two attached hydrogens (primary N) is 1. The van der Waals surface area contributed by atoms with E-state index in [0.29, 0.717) is 24.8 Å². The Hall–Kier alpha value is -0.310. The number of rotatable bonds is 8. The molecule has 1 aromatic rings. The number of hydrogen-bond donors (Lipinski definition) is 1. The van der Waals surface area contributed by atoms with Gasteiger partial charge in [0, 0.05) is 17.8 Å². The van der Waals surface area contributed by atoms with E-state index in [9.17, 15) is 8.42 Å². The summed E-state index contributed by atoms with van der Waals surface area (Å²) in [6.07, 6.45) is 0. The first kappa shape index (κ1) is 16.7. The second-order valence-corrected chi connectivity index (χ2v) is 6.70. The Kier molecular flexibility index (Phi) is 7.12. The fourth-order valence-corrected chi connectivity index (χ4v) is 2.96. The highest BCUT2D eigenvalue weighted by atomic mass is 35.5. The van der Waals surface area contributed by atoms with Gasteiger partial charge >= 0.3 is 0 Å². The van der Waals surface area contributed by atoms with Crippen molar-refractivity contribution in [1.29, 1.82) is 0 Å². The number of benzene rings is 1. The van der Waals surface area contributed by atoms with Crippen LogP contribution < -0.4 is 5.14 Å². The molecule has 108 valence electrons. The van der Waals surface area contributed by atoms with Gasteiger partial charge in [-0.2, -0.15) is 0 Å². The molecule has 0 aliphatic rings. The molecule has 0 aromatic heterocycles. The lowest BCUT2D eigenvalue weighted by Crippen LogP contribution is -2.12. The number of primary sulfonamides is 1. The lowest BCUT2D eigenvalue weighted by atomic mass is 10.4. The number of ether oxygens (including phenoxy) is 2. The summed E-state index contributed by atoms with van der Waals surface area (Å²) in [6, 6.07) is 4.43. The lowest BCUT2D eigenvalue weighted by Gasteiger charge is -2.06. The maximum Gasteiger partial charge on any atom is 0.238 e. The minimum atomic E-state index is -3.71. The van der Waals surface area contributed by atoms with Gasteiger partial charge in [0.25, 0.3) is 0 Å². The van der Waals surface area contributed by atoms with Crippen LogP contribution in [0.2, 0.25) is 5.02 Å². The number of hydrogen-bond acceptors (Lipinski definition) is 5. The molecule has 0 atom stereocenters. The van der Waals surface area contributed by atoms with Gasteiger partial charge in [-0.05, 0) is 18.2 Å². The standard InChI is InChI=1S/C11H16ClNO4S2/c1-16-4-5-17-6-7-18-11-3-2-9(8-10(11)12)19(13,14)15/h2-3,8H,4-7H2,1H3,(H2,13,14,15). The summed E-state index contributed by atoms with van der Waals surface area (Å²) in [5.74, 6) is 0.720. The smallest absolute Gasteiger partial charge is 0.238 e. The van der Waals surface area contributed by atoms with Crippen LogP contribution in [-0.4, -0.2) is 41.1 Å². The van der Waals surface area contributed by atoms with Crippen molar-refractivity contribution in [3.05, 3.63) is 23.2 Å². The van der Waals surface area contributed by atoms with Gasteiger partial charge in [-0.15, -0.1) is 11.8 Å². The van der Waals surface area contributed by atoms with Crippen LogP contribution in [0.25, 0.3) is 0 Å². The molecule has 8 heteroatoms. The Balaban J connectivity index is 2.47. The zero-order valence-corrected chi connectivity index (χ0v) is 12.9. The van der Waals surface area contributed by atoms with Crippen LogP contribution in [0.1, 0.15) is 0 Å². The van der Waals surface area contributed by atoms with Gasteiger partial charge in [-0.3, -0.25) is 0 Å². The maximum atomic E-state index is 11.1. The fourth-order valence-electron chi connectivity index (χ4n) is 1.23. The van der Waals surface area contributed by atoms with Gasteiger partial charge in [0.15, 0.2) is 0 Å². The Morgan fingerprint density at radius 1 is 1.32 bits per heavy atom. The topological polar surface area (TPSA) is 78.6 Å². The van der Waals surface area contributed by atoms with Crippen molar-refractivity contribution in [2.24, 2.45) is 5.14 Å². The highest BCUT2D eigenvalue weighted by Gasteiger charge is 2.10. The van der Waals surface area contributed by atoms with Crippen LogP contribution in [0.5, 0.6) is 0 Å². The number of sulfonamides is 1. The van der Waals surface area contributed by atoms with Gasteiger partial charge < -0.3 is 9.47 Å². The quantitative estimate of drug-likeness (QED) is 0.582. The molecule has 0 fully saturated rings. The fraction of sp³-hybridized carbons (Fsp3) is 0.455. The van der Waals surface area contributed by atoms with Gasteiger partial charge in [-0.1, -0.05) is 11.6 Å². The molecule has 0 spiro atoms. The summed E-state index contributed by atoms with van der Waals surface area (Å²) in [5, 5.41) is 5.39. The van der Waals surface area contributed by atoms with Crippen LogP contribution in [0.3, 0.4) is 0 Å². The molecular formula is C11H16ClNO4S2. The Bertz CT molecular complexity index is 507. The van der Waals surface area contributed by atoms with Gasteiger partial charge in [0.1, 0.15) is 0 Å². The van der Waals surface area contributed by atoms with Crippen molar-refractivity contribution in [3.63, 3.8) is 0 Å². The molecule has 0 heterocycles. The molecule has 1 aromatic carbocycles. The average molecular weight is 326 g/mol. The van der Waals surface area contributed by atoms with E-state index in [0.717, 1.165) is 10.6 Å². The van der Waals surface area contributed by atoms with Gasteiger partial charge in [-0.25, -0.2) is 13.6 Å². The Morgan fingerprint density at radius 2 is 2.05 bits per heavy atom. The van der Waals surface area contributed by atoms with Gasteiger partial charge in [0.2, 0.25) is 10.0 Å². The van der Waals surface area contributed by atoms with Crippen molar-refractivity contribution >= 4 is 33.4 Å². The number of halogens is 1. The second-order valence-electron chi connectivity index (χ2n) is 3.59. The van der Waals surface area contributed by atoms with Crippen molar-refractivity contribution in [1.82, 2.24) is 0 Å². The van der Waals surface area contributed by atoms with Crippen LogP contribution in [0.4, 0.5) is 0 Å². The third kappa shape index (κ3) is 6.11. The van der Waals surface area contributed by atoms with E-state index in [2.05, 4.69) is 0 Å². The van der Waals surface area contributed by atoms with E-state index in [4.69, 9.17) is 26.2 Å². The molecule has 0 saturated heterocycles. The third-order valence-corrected chi connectivity index (χ3v) is 4.52. The Morgan fingerprint density at radius 3 is 2.63 bits per heavy atom. The summed E-state index contributed by atoms with van der Waals surface area (Å²) < 4.78 is 32.4. The molecule has 0 unspecified atom stereocenters. The zero-order valence-electron chi connectivity index (χ0n) is 10.5. The SMILES string of the molecule is COCCOCCSc1ccc(S(N)(=O)=O)cc1Cl. The minimum absolute atomic E-state index is 0.0122.